The SMILES string of the molecule is COc1cc2nccc(Oc3c(F)cc(NC(=O)NC4CC4)c(Cl)c3F)c2cc1C(=O)NC(CO)C(F)(F)F. The van der Waals surface area contributed by atoms with E-state index in [0.29, 0.717) is 0 Å². The van der Waals surface area contributed by atoms with Gasteiger partial charge in [-0.25, -0.2) is 13.6 Å². The molecule has 1 aliphatic rings. The quantitative estimate of drug-likeness (QED) is 0.224. The highest BCUT2D eigenvalue weighted by molar-refractivity contribution is 6.34. The van der Waals surface area contributed by atoms with E-state index in [4.69, 9.17) is 26.2 Å². The number of pyridine rings is 1. The highest BCUT2D eigenvalue weighted by atomic mass is 35.5. The molecule has 1 saturated carbocycles. The minimum Gasteiger partial charge on any atom is -0.496 e. The molecule has 208 valence electrons. The van der Waals surface area contributed by atoms with Crippen LogP contribution in [0.5, 0.6) is 17.2 Å². The number of anilines is 1. The third-order valence-corrected chi connectivity index (χ3v) is 6.01. The number of aromatic nitrogens is 1. The molecule has 4 N–H and O–H groups in total. The molecule has 39 heavy (non-hydrogen) atoms. The summed E-state index contributed by atoms with van der Waals surface area (Å²) in [7, 11) is 1.17. The van der Waals surface area contributed by atoms with Gasteiger partial charge in [-0.3, -0.25) is 9.78 Å². The number of halogens is 6. The average Bonchev–Trinajstić information content (AvgIpc) is 3.70. The highest BCUT2D eigenvalue weighted by Crippen LogP contribution is 2.39. The maximum Gasteiger partial charge on any atom is 0.410 e. The number of nitrogens with zero attached hydrogens (tertiary/aromatic N) is 1. The van der Waals surface area contributed by atoms with Crippen LogP contribution in [0.4, 0.5) is 32.4 Å². The number of nitrogens with one attached hydrogen (secondary N) is 3. The number of hydrogen-bond donors (Lipinski definition) is 4. The molecule has 3 aromatic rings. The van der Waals surface area contributed by atoms with Crippen LogP contribution in [-0.4, -0.2) is 54.0 Å². The van der Waals surface area contributed by atoms with Gasteiger partial charge >= 0.3 is 12.2 Å². The summed E-state index contributed by atoms with van der Waals surface area (Å²) in [6.45, 7) is -1.41. The first-order valence-electron chi connectivity index (χ1n) is 11.3. The van der Waals surface area contributed by atoms with Gasteiger partial charge in [-0.1, -0.05) is 11.6 Å². The highest BCUT2D eigenvalue weighted by Gasteiger charge is 2.40. The maximum absolute atomic E-state index is 15.1. The molecular weight excluding hydrogens is 555 g/mol. The Kier molecular flexibility index (Phi) is 7.97. The van der Waals surface area contributed by atoms with Crippen LogP contribution < -0.4 is 25.4 Å². The second-order valence-electron chi connectivity index (χ2n) is 8.47. The summed E-state index contributed by atoms with van der Waals surface area (Å²) < 4.78 is 79.7. The first-order chi connectivity index (χ1) is 18.4. The van der Waals surface area contributed by atoms with Crippen molar-refractivity contribution in [3.63, 3.8) is 0 Å². The van der Waals surface area contributed by atoms with E-state index in [1.54, 1.807) is 5.32 Å². The van der Waals surface area contributed by atoms with E-state index in [2.05, 4.69) is 15.6 Å². The molecule has 3 amide bonds. The zero-order valence-electron chi connectivity index (χ0n) is 20.0. The maximum atomic E-state index is 15.1. The van der Waals surface area contributed by atoms with Crippen molar-refractivity contribution >= 4 is 40.1 Å². The largest absolute Gasteiger partial charge is 0.496 e. The lowest BCUT2D eigenvalue weighted by atomic mass is 10.1. The molecule has 0 bridgehead atoms. The van der Waals surface area contributed by atoms with E-state index in [1.807, 2.05) is 0 Å². The van der Waals surface area contributed by atoms with Gasteiger partial charge in [0.05, 0.1) is 30.5 Å². The minimum atomic E-state index is -4.93. The van der Waals surface area contributed by atoms with Gasteiger partial charge in [0.15, 0.2) is 17.4 Å². The van der Waals surface area contributed by atoms with E-state index in [9.17, 15) is 27.2 Å². The number of urea groups is 1. The van der Waals surface area contributed by atoms with Crippen LogP contribution in [-0.2, 0) is 0 Å². The summed E-state index contributed by atoms with van der Waals surface area (Å²) in [4.78, 5) is 28.7. The molecule has 2 aromatic carbocycles. The Morgan fingerprint density at radius 2 is 1.92 bits per heavy atom. The molecule has 1 fully saturated rings. The fourth-order valence-corrected chi connectivity index (χ4v) is 3.68. The second kappa shape index (κ2) is 11.1. The van der Waals surface area contributed by atoms with Crippen molar-refractivity contribution in [1.82, 2.24) is 15.6 Å². The zero-order valence-corrected chi connectivity index (χ0v) is 20.7. The number of aliphatic hydroxyl groups excluding tert-OH is 1. The summed E-state index contributed by atoms with van der Waals surface area (Å²) in [5, 5.41) is 14.9. The summed E-state index contributed by atoms with van der Waals surface area (Å²) >= 11 is 6.00. The molecule has 0 saturated heterocycles. The fraction of sp³-hybridized carbons (Fsp3) is 0.292. The van der Waals surface area contributed by atoms with E-state index in [1.165, 1.54) is 25.4 Å². The molecular formula is C24H20ClF5N4O5. The smallest absolute Gasteiger partial charge is 0.410 e. The Bertz CT molecular complexity index is 1430. The molecule has 1 unspecified atom stereocenters. The first-order valence-corrected chi connectivity index (χ1v) is 11.7. The van der Waals surface area contributed by atoms with Crippen molar-refractivity contribution in [1.29, 1.82) is 0 Å². The van der Waals surface area contributed by atoms with Gasteiger partial charge < -0.3 is 30.5 Å². The molecule has 4 rings (SSSR count). The van der Waals surface area contributed by atoms with Crippen LogP contribution in [0.3, 0.4) is 0 Å². The Morgan fingerprint density at radius 1 is 1.21 bits per heavy atom. The number of fused-ring (bicyclic) bond motifs is 1. The Labute approximate surface area is 222 Å². The van der Waals surface area contributed by atoms with Crippen molar-refractivity contribution < 1.29 is 46.1 Å². The molecule has 1 aliphatic carbocycles. The van der Waals surface area contributed by atoms with Gasteiger partial charge in [0.25, 0.3) is 5.91 Å². The summed E-state index contributed by atoms with van der Waals surface area (Å²) in [6.07, 6.45) is -2.14. The monoisotopic (exact) mass is 574 g/mol. The number of methoxy groups -OCH3 is 1. The van der Waals surface area contributed by atoms with Crippen LogP contribution in [0.25, 0.3) is 10.9 Å². The third-order valence-electron chi connectivity index (χ3n) is 5.64. The summed E-state index contributed by atoms with van der Waals surface area (Å²) in [5.74, 6) is -5.16. The molecule has 0 aliphatic heterocycles. The number of aliphatic hydroxyl groups is 1. The number of benzene rings is 2. The molecule has 1 aromatic heterocycles. The van der Waals surface area contributed by atoms with Gasteiger partial charge in [-0.05, 0) is 25.0 Å². The lowest BCUT2D eigenvalue weighted by Crippen LogP contribution is -2.47. The van der Waals surface area contributed by atoms with Crippen LogP contribution in [0.15, 0.2) is 30.5 Å². The Morgan fingerprint density at radius 3 is 2.54 bits per heavy atom. The van der Waals surface area contributed by atoms with Crippen LogP contribution in [0, 0.1) is 11.6 Å². The van der Waals surface area contributed by atoms with Gasteiger partial charge in [0.1, 0.15) is 22.6 Å². The molecule has 0 radical (unpaired) electrons. The van der Waals surface area contributed by atoms with Crippen molar-refractivity contribution in [2.45, 2.75) is 31.1 Å². The van der Waals surface area contributed by atoms with Gasteiger partial charge in [-0.15, -0.1) is 0 Å². The van der Waals surface area contributed by atoms with E-state index >= 15 is 4.39 Å². The number of amides is 3. The van der Waals surface area contributed by atoms with E-state index in [0.717, 1.165) is 25.0 Å². The molecule has 0 spiro atoms. The van der Waals surface area contributed by atoms with Crippen molar-refractivity contribution in [2.24, 2.45) is 0 Å². The number of hydrogen-bond acceptors (Lipinski definition) is 6. The topological polar surface area (TPSA) is 122 Å². The first kappa shape index (κ1) is 28.1. The normalized spacial score (nSPS) is 14.1. The fourth-order valence-electron chi connectivity index (χ4n) is 3.49. The van der Waals surface area contributed by atoms with Crippen molar-refractivity contribution in [2.75, 3.05) is 19.0 Å². The Balaban J connectivity index is 1.68. The predicted molar refractivity (Wildman–Crippen MR) is 129 cm³/mol. The second-order valence-corrected chi connectivity index (χ2v) is 8.84. The zero-order chi connectivity index (χ0) is 28.5. The Hall–Kier alpha value is -3.91. The molecule has 1 heterocycles. The van der Waals surface area contributed by atoms with E-state index in [-0.39, 0.29) is 34.1 Å². The van der Waals surface area contributed by atoms with Gasteiger partial charge in [0, 0.05) is 29.8 Å². The molecule has 9 nitrogen and oxygen atoms in total. The van der Waals surface area contributed by atoms with Gasteiger partial charge in [0.2, 0.25) is 0 Å². The lowest BCUT2D eigenvalue weighted by Gasteiger charge is -2.20. The van der Waals surface area contributed by atoms with Crippen LogP contribution in [0.2, 0.25) is 5.02 Å². The van der Waals surface area contributed by atoms with E-state index < -0.39 is 58.7 Å². The number of carbonyl (C=O) groups is 2. The number of rotatable bonds is 8. The lowest BCUT2D eigenvalue weighted by molar-refractivity contribution is -0.161. The summed E-state index contributed by atoms with van der Waals surface area (Å²) in [5.41, 5.74) is -0.633. The predicted octanol–water partition coefficient (Wildman–Crippen LogP) is 4.90. The minimum absolute atomic E-state index is 0.0167. The van der Waals surface area contributed by atoms with Crippen molar-refractivity contribution in [3.8, 4) is 17.2 Å². The number of alkyl halides is 3. The standard InChI is InChI=1S/C24H20ClF5N4O5/c1-38-17-8-14-11(6-12(17)22(36)34-18(9-35)24(28,29)30)16(4-5-31-14)39-21-13(26)7-15(19(25)20(21)27)33-23(37)32-10-2-3-10/h4-8,10,18,35H,2-3,9H2,1H3,(H,34,36)(H2,32,33,37). The van der Waals surface area contributed by atoms with Gasteiger partial charge in [-0.2, -0.15) is 13.2 Å². The van der Waals surface area contributed by atoms with Crippen molar-refractivity contribution in [3.05, 3.63) is 52.7 Å². The van der Waals surface area contributed by atoms with Crippen LogP contribution >= 0.6 is 11.6 Å². The van der Waals surface area contributed by atoms with Crippen LogP contribution in [0.1, 0.15) is 23.2 Å². The third kappa shape index (κ3) is 6.23. The molecule has 1 atom stereocenters. The molecule has 15 heteroatoms. The number of ether oxygens (including phenoxy) is 2. The number of carbonyl (C=O) groups excluding carboxylic acids is 2. The average molecular weight is 575 g/mol. The summed E-state index contributed by atoms with van der Waals surface area (Å²) in [6, 6.07) is 0.958.